The van der Waals surface area contributed by atoms with E-state index in [0.717, 1.165) is 28.9 Å². The van der Waals surface area contributed by atoms with Crippen LogP contribution < -0.4 is 0 Å². The summed E-state index contributed by atoms with van der Waals surface area (Å²) in [4.78, 5) is 0. The summed E-state index contributed by atoms with van der Waals surface area (Å²) in [6.45, 7) is 2.14. The van der Waals surface area contributed by atoms with Crippen molar-refractivity contribution < 1.29 is 4.74 Å². The van der Waals surface area contributed by atoms with Gasteiger partial charge in [-0.15, -0.1) is 5.10 Å². The summed E-state index contributed by atoms with van der Waals surface area (Å²) in [5, 5.41) is 8.74. The Morgan fingerprint density at radius 1 is 1.09 bits per heavy atom. The van der Waals surface area contributed by atoms with E-state index < -0.39 is 0 Å². The first kappa shape index (κ1) is 14.2. The van der Waals surface area contributed by atoms with Gasteiger partial charge in [0, 0.05) is 31.7 Å². The molecule has 1 aliphatic carbocycles. The molecule has 1 heterocycles. The van der Waals surface area contributed by atoms with Gasteiger partial charge in [0.05, 0.1) is 11.8 Å². The summed E-state index contributed by atoms with van der Waals surface area (Å²) >= 11 is 0. The highest BCUT2D eigenvalue weighted by atomic mass is 16.5. The van der Waals surface area contributed by atoms with Crippen LogP contribution in [0, 0.1) is 6.92 Å². The zero-order valence-electron chi connectivity index (χ0n) is 13.6. The van der Waals surface area contributed by atoms with Gasteiger partial charge < -0.3 is 4.74 Å². The first-order valence-corrected chi connectivity index (χ1v) is 7.81. The predicted octanol–water partition coefficient (Wildman–Crippen LogP) is 3.70. The minimum Gasteiger partial charge on any atom is -0.376 e. The van der Waals surface area contributed by atoms with Crippen molar-refractivity contribution in [3.8, 4) is 22.5 Å². The molecule has 4 nitrogen and oxygen atoms in total. The maximum absolute atomic E-state index is 5.87. The molecule has 0 saturated heterocycles. The van der Waals surface area contributed by atoms with Crippen LogP contribution in [0.3, 0.4) is 0 Å². The van der Waals surface area contributed by atoms with Crippen LogP contribution >= 0.6 is 0 Å². The Labute approximate surface area is 135 Å². The molecule has 0 bridgehead atoms. The lowest BCUT2D eigenvalue weighted by Crippen LogP contribution is -2.13. The van der Waals surface area contributed by atoms with Crippen LogP contribution in [0.1, 0.15) is 22.8 Å². The number of benzene rings is 2. The molecular weight excluding hydrogens is 286 g/mol. The average molecular weight is 305 g/mol. The molecule has 0 aliphatic heterocycles. The normalized spacial score (nSPS) is 16.0. The van der Waals surface area contributed by atoms with Gasteiger partial charge in [-0.25, -0.2) is 4.68 Å². The Kier molecular flexibility index (Phi) is 3.27. The van der Waals surface area contributed by atoms with Crippen molar-refractivity contribution in [3.05, 3.63) is 59.2 Å². The van der Waals surface area contributed by atoms with E-state index in [1.807, 2.05) is 11.7 Å². The van der Waals surface area contributed by atoms with Gasteiger partial charge in [-0.1, -0.05) is 47.7 Å². The topological polar surface area (TPSA) is 39.9 Å². The monoisotopic (exact) mass is 305 g/mol. The molecule has 4 rings (SSSR count). The molecule has 0 fully saturated rings. The van der Waals surface area contributed by atoms with E-state index in [4.69, 9.17) is 4.74 Å². The van der Waals surface area contributed by atoms with E-state index in [1.165, 1.54) is 16.7 Å². The summed E-state index contributed by atoms with van der Waals surface area (Å²) in [5.74, 6) is 0. The second kappa shape index (κ2) is 5.32. The van der Waals surface area contributed by atoms with Gasteiger partial charge in [-0.2, -0.15) is 0 Å². The van der Waals surface area contributed by atoms with Crippen LogP contribution in [-0.2, 0) is 18.2 Å². The van der Waals surface area contributed by atoms with Crippen LogP contribution in [-0.4, -0.2) is 22.1 Å². The zero-order chi connectivity index (χ0) is 16.0. The van der Waals surface area contributed by atoms with Crippen molar-refractivity contribution in [2.75, 3.05) is 7.11 Å². The lowest BCUT2D eigenvalue weighted by Gasteiger charge is -2.25. The molecule has 23 heavy (non-hydrogen) atoms. The number of fused-ring (bicyclic) bond motifs is 5. The minimum atomic E-state index is 0.0235. The van der Waals surface area contributed by atoms with Crippen LogP contribution in [0.4, 0.5) is 0 Å². The molecule has 0 amide bonds. The first-order chi connectivity index (χ1) is 11.2. The Morgan fingerprint density at radius 2 is 1.87 bits per heavy atom. The summed E-state index contributed by atoms with van der Waals surface area (Å²) in [7, 11) is 3.73. The number of nitrogens with zero attached hydrogens (tertiary/aromatic N) is 3. The smallest absolute Gasteiger partial charge is 0.121 e. The highest BCUT2D eigenvalue weighted by molar-refractivity contribution is 5.83. The fourth-order valence-corrected chi connectivity index (χ4v) is 3.59. The number of ether oxygens (including phenoxy) is 1. The summed E-state index contributed by atoms with van der Waals surface area (Å²) in [6, 6.07) is 14.8. The molecular formula is C19H19N3O. The number of hydrogen-bond acceptors (Lipinski definition) is 3. The number of aryl methyl sites for hydroxylation is 2. The van der Waals surface area contributed by atoms with Crippen molar-refractivity contribution in [1.82, 2.24) is 15.0 Å². The van der Waals surface area contributed by atoms with Crippen LogP contribution in [0.5, 0.6) is 0 Å². The van der Waals surface area contributed by atoms with E-state index >= 15 is 0 Å². The lowest BCUT2D eigenvalue weighted by atomic mass is 9.85. The second-order valence-corrected chi connectivity index (χ2v) is 6.03. The van der Waals surface area contributed by atoms with E-state index in [0.29, 0.717) is 0 Å². The van der Waals surface area contributed by atoms with Crippen LogP contribution in [0.15, 0.2) is 42.5 Å². The first-order valence-electron chi connectivity index (χ1n) is 7.81. The van der Waals surface area contributed by atoms with Gasteiger partial charge in [0.25, 0.3) is 0 Å². The SMILES string of the molecule is COC1Cc2ccccc2-c2nnn(C)c2-c2cccc(C)c21. The summed E-state index contributed by atoms with van der Waals surface area (Å²) in [6.07, 6.45) is 0.857. The Hall–Kier alpha value is -2.46. The molecule has 3 aromatic rings. The van der Waals surface area contributed by atoms with Crippen molar-refractivity contribution in [3.63, 3.8) is 0 Å². The second-order valence-electron chi connectivity index (χ2n) is 6.03. The quantitative estimate of drug-likeness (QED) is 0.688. The van der Waals surface area contributed by atoms with Gasteiger partial charge in [-0.3, -0.25) is 0 Å². The summed E-state index contributed by atoms with van der Waals surface area (Å²) in [5.41, 5.74) is 8.02. The molecule has 116 valence electrons. The number of aromatic nitrogens is 3. The van der Waals surface area contributed by atoms with Crippen LogP contribution in [0.25, 0.3) is 22.5 Å². The van der Waals surface area contributed by atoms with Gasteiger partial charge in [0.1, 0.15) is 5.69 Å². The Bertz CT molecular complexity index is 882. The molecule has 1 aromatic heterocycles. The lowest BCUT2D eigenvalue weighted by molar-refractivity contribution is 0.103. The van der Waals surface area contributed by atoms with Crippen molar-refractivity contribution in [2.24, 2.45) is 7.05 Å². The fraction of sp³-hybridized carbons (Fsp3) is 0.263. The maximum atomic E-state index is 5.87. The largest absolute Gasteiger partial charge is 0.376 e. The van der Waals surface area contributed by atoms with Crippen molar-refractivity contribution in [1.29, 1.82) is 0 Å². The third-order valence-electron chi connectivity index (χ3n) is 4.69. The Balaban J connectivity index is 2.12. The average Bonchev–Trinajstić information content (AvgIpc) is 2.92. The zero-order valence-corrected chi connectivity index (χ0v) is 13.6. The highest BCUT2D eigenvalue weighted by Crippen LogP contribution is 2.42. The van der Waals surface area contributed by atoms with Crippen molar-refractivity contribution in [2.45, 2.75) is 19.4 Å². The van der Waals surface area contributed by atoms with Crippen molar-refractivity contribution >= 4 is 0 Å². The third kappa shape index (κ3) is 2.10. The summed E-state index contributed by atoms with van der Waals surface area (Å²) < 4.78 is 7.74. The predicted molar refractivity (Wildman–Crippen MR) is 90.1 cm³/mol. The molecule has 0 N–H and O–H groups in total. The molecule has 1 aliphatic rings. The molecule has 1 unspecified atom stereocenters. The fourth-order valence-electron chi connectivity index (χ4n) is 3.59. The van der Waals surface area contributed by atoms with Crippen LogP contribution in [0.2, 0.25) is 0 Å². The Morgan fingerprint density at radius 3 is 2.70 bits per heavy atom. The number of methoxy groups -OCH3 is 1. The van der Waals surface area contributed by atoms with E-state index in [2.05, 4.69) is 59.7 Å². The minimum absolute atomic E-state index is 0.0235. The van der Waals surface area contributed by atoms with Gasteiger partial charge in [0.15, 0.2) is 0 Å². The number of hydrogen-bond donors (Lipinski definition) is 0. The van der Waals surface area contributed by atoms with E-state index in [9.17, 15) is 0 Å². The standard InChI is InChI=1S/C19H19N3O/c1-12-7-6-10-15-17(12)16(23-3)11-13-8-4-5-9-14(13)18-19(15)22(2)21-20-18/h4-10,16H,11H2,1-3H3. The highest BCUT2D eigenvalue weighted by Gasteiger charge is 2.28. The third-order valence-corrected chi connectivity index (χ3v) is 4.69. The molecule has 1 atom stereocenters. The molecule has 0 saturated carbocycles. The van der Waals surface area contributed by atoms with E-state index in [1.54, 1.807) is 7.11 Å². The molecule has 2 aromatic carbocycles. The molecule has 4 heteroatoms. The van der Waals surface area contributed by atoms with Gasteiger partial charge >= 0.3 is 0 Å². The maximum Gasteiger partial charge on any atom is 0.121 e. The van der Waals surface area contributed by atoms with Gasteiger partial charge in [-0.05, 0) is 23.6 Å². The number of rotatable bonds is 1. The van der Waals surface area contributed by atoms with Gasteiger partial charge in [0.2, 0.25) is 0 Å². The molecule has 0 radical (unpaired) electrons. The molecule has 0 spiro atoms. The van der Waals surface area contributed by atoms with E-state index in [-0.39, 0.29) is 6.10 Å².